The van der Waals surface area contributed by atoms with Crippen molar-refractivity contribution < 1.29 is 9.53 Å². The number of carbonyl (C=O) groups is 1. The Morgan fingerprint density at radius 2 is 2.21 bits per heavy atom. The zero-order valence-electron chi connectivity index (χ0n) is 11.1. The summed E-state index contributed by atoms with van der Waals surface area (Å²) in [5.74, 6) is 0.494. The molecule has 1 amide bonds. The summed E-state index contributed by atoms with van der Waals surface area (Å²) >= 11 is 1.41. The molecule has 0 radical (unpaired) electrons. The Labute approximate surface area is 116 Å². The van der Waals surface area contributed by atoms with Crippen molar-refractivity contribution in [2.75, 3.05) is 5.32 Å². The number of nitrogens with zero attached hydrogens (tertiary/aromatic N) is 1. The van der Waals surface area contributed by atoms with Gasteiger partial charge in [0.2, 0.25) is 0 Å². The predicted molar refractivity (Wildman–Crippen MR) is 76.7 cm³/mol. The Kier molecular flexibility index (Phi) is 4.16. The first-order valence-electron chi connectivity index (χ1n) is 6.01. The Morgan fingerprint density at radius 3 is 2.84 bits per heavy atom. The highest BCUT2D eigenvalue weighted by Crippen LogP contribution is 2.17. The molecule has 1 N–H and O–H groups in total. The van der Waals surface area contributed by atoms with Crippen molar-refractivity contribution in [1.29, 1.82) is 0 Å². The summed E-state index contributed by atoms with van der Waals surface area (Å²) in [4.78, 5) is 16.1. The van der Waals surface area contributed by atoms with Crippen molar-refractivity contribution in [2.45, 2.75) is 26.9 Å². The third-order valence-electron chi connectivity index (χ3n) is 2.52. The Balaban J connectivity index is 1.96. The van der Waals surface area contributed by atoms with E-state index in [1.165, 1.54) is 11.3 Å². The average molecular weight is 276 g/mol. The maximum Gasteiger partial charge on any atom is 0.266 e. The summed E-state index contributed by atoms with van der Waals surface area (Å²) in [6.45, 7) is 5.59. The van der Waals surface area contributed by atoms with E-state index in [9.17, 15) is 4.79 Å². The van der Waals surface area contributed by atoms with E-state index in [0.717, 1.165) is 11.3 Å². The van der Waals surface area contributed by atoms with E-state index in [-0.39, 0.29) is 5.91 Å². The second-order valence-electron chi connectivity index (χ2n) is 4.36. The van der Waals surface area contributed by atoms with Gasteiger partial charge in [0, 0.05) is 5.38 Å². The fourth-order valence-electron chi connectivity index (χ4n) is 1.56. The first-order chi connectivity index (χ1) is 9.04. The summed E-state index contributed by atoms with van der Waals surface area (Å²) in [5, 5.41) is 5.23. The minimum atomic E-state index is -0.564. The molecule has 0 aliphatic rings. The fraction of sp³-hybridized carbons (Fsp3) is 0.286. The van der Waals surface area contributed by atoms with Gasteiger partial charge in [0.15, 0.2) is 11.2 Å². The highest BCUT2D eigenvalue weighted by Gasteiger charge is 2.16. The number of carbonyl (C=O) groups excluding carboxylic acids is 1. The van der Waals surface area contributed by atoms with E-state index in [2.05, 4.69) is 10.3 Å². The number of aromatic nitrogens is 1. The van der Waals surface area contributed by atoms with Gasteiger partial charge in [-0.05, 0) is 38.5 Å². The maximum atomic E-state index is 11.9. The molecule has 1 heterocycles. The number of nitrogens with one attached hydrogen (secondary N) is 1. The third-order valence-corrected chi connectivity index (χ3v) is 3.40. The summed E-state index contributed by atoms with van der Waals surface area (Å²) < 4.78 is 5.60. The Morgan fingerprint density at radius 1 is 1.42 bits per heavy atom. The second kappa shape index (κ2) is 5.84. The molecule has 19 heavy (non-hydrogen) atoms. The molecule has 0 bridgehead atoms. The lowest BCUT2D eigenvalue weighted by molar-refractivity contribution is -0.122. The van der Waals surface area contributed by atoms with Crippen molar-refractivity contribution in [3.63, 3.8) is 0 Å². The zero-order chi connectivity index (χ0) is 13.8. The van der Waals surface area contributed by atoms with E-state index < -0.39 is 6.10 Å². The van der Waals surface area contributed by atoms with Crippen LogP contribution >= 0.6 is 11.3 Å². The van der Waals surface area contributed by atoms with Gasteiger partial charge in [-0.15, -0.1) is 11.3 Å². The van der Waals surface area contributed by atoms with Gasteiger partial charge in [-0.1, -0.05) is 12.1 Å². The first-order valence-corrected chi connectivity index (χ1v) is 6.89. The van der Waals surface area contributed by atoms with E-state index in [0.29, 0.717) is 10.9 Å². The average Bonchev–Trinajstić information content (AvgIpc) is 2.74. The largest absolute Gasteiger partial charge is 0.481 e. The number of ether oxygens (including phenoxy) is 1. The zero-order valence-corrected chi connectivity index (χ0v) is 12.0. The number of benzene rings is 1. The summed E-state index contributed by atoms with van der Waals surface area (Å²) in [5.41, 5.74) is 1.99. The van der Waals surface area contributed by atoms with E-state index in [1.54, 1.807) is 6.92 Å². The highest BCUT2D eigenvalue weighted by molar-refractivity contribution is 7.13. The van der Waals surface area contributed by atoms with Gasteiger partial charge in [-0.2, -0.15) is 0 Å². The van der Waals surface area contributed by atoms with Gasteiger partial charge in [0.05, 0.1) is 5.69 Å². The number of amides is 1. The molecular formula is C14H16N2O2S. The lowest BCUT2D eigenvalue weighted by atomic mass is 10.2. The number of thiazole rings is 1. The van der Waals surface area contributed by atoms with Crippen LogP contribution in [0.4, 0.5) is 5.13 Å². The maximum absolute atomic E-state index is 11.9. The van der Waals surface area contributed by atoms with Crippen LogP contribution in [0, 0.1) is 13.8 Å². The monoisotopic (exact) mass is 276 g/mol. The van der Waals surface area contributed by atoms with Crippen molar-refractivity contribution in [3.05, 3.63) is 40.9 Å². The van der Waals surface area contributed by atoms with E-state index in [1.807, 2.05) is 43.5 Å². The Hall–Kier alpha value is -1.88. The minimum Gasteiger partial charge on any atom is -0.481 e. The minimum absolute atomic E-state index is 0.198. The molecule has 1 atom stereocenters. The number of rotatable bonds is 4. The molecule has 2 rings (SSSR count). The van der Waals surface area contributed by atoms with Crippen LogP contribution in [0.15, 0.2) is 29.6 Å². The Bertz CT molecular complexity index is 580. The first kappa shape index (κ1) is 13.5. The van der Waals surface area contributed by atoms with Crippen LogP contribution in [0.1, 0.15) is 18.2 Å². The molecule has 100 valence electrons. The van der Waals surface area contributed by atoms with Crippen LogP contribution < -0.4 is 10.1 Å². The van der Waals surface area contributed by atoms with Gasteiger partial charge in [0.1, 0.15) is 5.75 Å². The molecule has 0 spiro atoms. The molecule has 2 aromatic rings. The fourth-order valence-corrected chi connectivity index (χ4v) is 2.26. The van der Waals surface area contributed by atoms with Crippen molar-refractivity contribution in [3.8, 4) is 5.75 Å². The SMILES string of the molecule is Cc1cccc(O[C@@H](C)C(=O)Nc2nc(C)cs2)c1. The molecule has 0 unspecified atom stereocenters. The van der Waals surface area contributed by atoms with Crippen LogP contribution in [-0.4, -0.2) is 17.0 Å². The standard InChI is InChI=1S/C14H16N2O2S/c1-9-5-4-6-12(7-9)18-11(3)13(17)16-14-15-10(2)8-19-14/h4-8,11H,1-3H3,(H,15,16,17)/t11-/m0/s1. The molecule has 4 nitrogen and oxygen atoms in total. The van der Waals surface area contributed by atoms with Gasteiger partial charge in [0.25, 0.3) is 5.91 Å². The van der Waals surface area contributed by atoms with Gasteiger partial charge in [-0.25, -0.2) is 4.98 Å². The third kappa shape index (κ3) is 3.79. The lowest BCUT2D eigenvalue weighted by Gasteiger charge is -2.13. The molecule has 0 aliphatic carbocycles. The molecule has 0 aliphatic heterocycles. The molecule has 1 aromatic heterocycles. The molecule has 1 aromatic carbocycles. The number of hydrogen-bond acceptors (Lipinski definition) is 4. The molecule has 5 heteroatoms. The van der Waals surface area contributed by atoms with Gasteiger partial charge >= 0.3 is 0 Å². The van der Waals surface area contributed by atoms with Crippen LogP contribution in [0.5, 0.6) is 5.75 Å². The normalized spacial score (nSPS) is 11.9. The van der Waals surface area contributed by atoms with Crippen molar-refractivity contribution in [1.82, 2.24) is 4.98 Å². The van der Waals surface area contributed by atoms with Gasteiger partial charge in [-0.3, -0.25) is 10.1 Å². The van der Waals surface area contributed by atoms with Crippen LogP contribution in [-0.2, 0) is 4.79 Å². The van der Waals surface area contributed by atoms with Gasteiger partial charge < -0.3 is 4.74 Å². The van der Waals surface area contributed by atoms with E-state index in [4.69, 9.17) is 4.74 Å². The quantitative estimate of drug-likeness (QED) is 0.933. The smallest absolute Gasteiger partial charge is 0.266 e. The van der Waals surface area contributed by atoms with Crippen molar-refractivity contribution >= 4 is 22.4 Å². The number of aryl methyl sites for hydroxylation is 2. The summed E-state index contributed by atoms with van der Waals surface area (Å²) in [7, 11) is 0. The molecule has 0 saturated heterocycles. The summed E-state index contributed by atoms with van der Waals surface area (Å²) in [6.07, 6.45) is -0.564. The van der Waals surface area contributed by atoms with Crippen molar-refractivity contribution in [2.24, 2.45) is 0 Å². The second-order valence-corrected chi connectivity index (χ2v) is 5.22. The predicted octanol–water partition coefficient (Wildman–Crippen LogP) is 3.17. The van der Waals surface area contributed by atoms with Crippen LogP contribution in [0.25, 0.3) is 0 Å². The molecule has 0 fully saturated rings. The summed E-state index contributed by atoms with van der Waals surface area (Å²) in [6, 6.07) is 7.62. The van der Waals surface area contributed by atoms with E-state index >= 15 is 0 Å². The topological polar surface area (TPSA) is 51.2 Å². The number of hydrogen-bond donors (Lipinski definition) is 1. The van der Waals surface area contributed by atoms with Crippen LogP contribution in [0.3, 0.4) is 0 Å². The highest BCUT2D eigenvalue weighted by atomic mass is 32.1. The number of anilines is 1. The van der Waals surface area contributed by atoms with Crippen LogP contribution in [0.2, 0.25) is 0 Å². The molecular weight excluding hydrogens is 260 g/mol. The molecule has 0 saturated carbocycles. The lowest BCUT2D eigenvalue weighted by Crippen LogP contribution is -2.30.